The van der Waals surface area contributed by atoms with E-state index >= 15 is 0 Å². The summed E-state index contributed by atoms with van der Waals surface area (Å²) >= 11 is 3.57. The number of hydrogen-bond donors (Lipinski definition) is 2. The minimum absolute atomic E-state index is 0.0704. The van der Waals surface area contributed by atoms with Gasteiger partial charge in [0.1, 0.15) is 5.75 Å². The number of thioether (sulfide) groups is 1. The van der Waals surface area contributed by atoms with E-state index in [1.54, 1.807) is 24.6 Å². The number of fused-ring (bicyclic) bond motifs is 1. The number of carbonyl (C=O) groups is 1. The lowest BCUT2D eigenvalue weighted by Gasteiger charge is -2.36. The quantitative estimate of drug-likeness (QED) is 0.393. The second-order valence-corrected chi connectivity index (χ2v) is 10.8. The molecule has 6 nitrogen and oxygen atoms in total. The summed E-state index contributed by atoms with van der Waals surface area (Å²) in [6.07, 6.45) is 3.06. The number of rotatable bonds is 10. The number of pyridine rings is 1. The van der Waals surface area contributed by atoms with Crippen LogP contribution in [0.2, 0.25) is 0 Å². The van der Waals surface area contributed by atoms with Gasteiger partial charge in [0.25, 0.3) is 0 Å². The van der Waals surface area contributed by atoms with E-state index < -0.39 is 18.0 Å². The molecular weight excluding hydrogens is 456 g/mol. The number of piperidine rings is 1. The van der Waals surface area contributed by atoms with E-state index in [9.17, 15) is 15.0 Å². The van der Waals surface area contributed by atoms with Crippen molar-refractivity contribution < 1.29 is 19.7 Å². The van der Waals surface area contributed by atoms with Crippen LogP contribution in [0.4, 0.5) is 0 Å². The summed E-state index contributed by atoms with van der Waals surface area (Å²) in [5, 5.41) is 23.8. The molecule has 0 saturated carbocycles. The number of aliphatic hydroxyl groups excluding tert-OH is 1. The number of ether oxygens (including phenoxy) is 1. The number of methoxy groups -OCH3 is 1. The summed E-state index contributed by atoms with van der Waals surface area (Å²) in [5.74, 6) is 0.560. The molecule has 2 N–H and O–H groups in total. The summed E-state index contributed by atoms with van der Waals surface area (Å²) in [6, 6.07) is 11.8. The Morgan fingerprint density at radius 2 is 2.24 bits per heavy atom. The summed E-state index contributed by atoms with van der Waals surface area (Å²) in [7, 11) is 1.60. The molecular formula is C25H30N2O4S2. The molecule has 4 rings (SSSR count). The Kier molecular flexibility index (Phi) is 8.25. The largest absolute Gasteiger partial charge is 0.495 e. The van der Waals surface area contributed by atoms with Gasteiger partial charge in [-0.05, 0) is 60.9 Å². The predicted octanol–water partition coefficient (Wildman–Crippen LogP) is 4.93. The van der Waals surface area contributed by atoms with E-state index in [1.807, 2.05) is 36.0 Å². The van der Waals surface area contributed by atoms with Crippen molar-refractivity contribution in [2.45, 2.75) is 29.6 Å². The van der Waals surface area contributed by atoms with Crippen molar-refractivity contribution >= 4 is 40.0 Å². The molecule has 1 aliphatic rings. The van der Waals surface area contributed by atoms with Crippen LogP contribution in [0.15, 0.2) is 52.2 Å². The molecule has 2 aromatic heterocycles. The van der Waals surface area contributed by atoms with Crippen LogP contribution in [0.5, 0.6) is 5.75 Å². The van der Waals surface area contributed by atoms with Gasteiger partial charge in [-0.2, -0.15) is 0 Å². The van der Waals surface area contributed by atoms with Crippen LogP contribution in [0.3, 0.4) is 0 Å². The van der Waals surface area contributed by atoms with Crippen molar-refractivity contribution in [1.82, 2.24) is 9.88 Å². The number of aliphatic carboxylic acids is 1. The first-order valence-electron chi connectivity index (χ1n) is 11.3. The normalized spacial score (nSPS) is 20.1. The van der Waals surface area contributed by atoms with E-state index in [1.165, 1.54) is 4.21 Å². The van der Waals surface area contributed by atoms with Gasteiger partial charge in [0, 0.05) is 24.2 Å². The molecule has 1 aromatic carbocycles. The number of aromatic nitrogens is 1. The Morgan fingerprint density at radius 1 is 1.36 bits per heavy atom. The zero-order valence-corrected chi connectivity index (χ0v) is 20.4. The Bertz CT molecular complexity index is 1060. The standard InChI is InChI=1S/C25H30N2O4S2/c1-31-18-14-20-19(4-2-5-22(20)26-15-18)23(28)8-7-17-9-10-27(16-21(17)25(29)30)11-13-33-24-6-3-12-32-24/h2-6,12,14-15,17,21,23,28H,7-11,13,16H2,1H3,(H,29,30). The number of likely N-dealkylation sites (tertiary alicyclic amines) is 1. The molecule has 0 amide bonds. The molecule has 0 radical (unpaired) electrons. The molecule has 8 heteroatoms. The molecule has 1 saturated heterocycles. The predicted molar refractivity (Wildman–Crippen MR) is 133 cm³/mol. The van der Waals surface area contributed by atoms with Crippen LogP contribution in [-0.4, -0.2) is 58.6 Å². The Balaban J connectivity index is 1.34. The highest BCUT2D eigenvalue weighted by molar-refractivity contribution is 8.01. The zero-order valence-electron chi connectivity index (χ0n) is 18.7. The second-order valence-electron chi connectivity index (χ2n) is 8.46. The van der Waals surface area contributed by atoms with Gasteiger partial charge >= 0.3 is 5.97 Å². The fourth-order valence-corrected chi connectivity index (χ4v) is 6.46. The molecule has 3 heterocycles. The number of aliphatic hydroxyl groups is 1. The van der Waals surface area contributed by atoms with Crippen molar-refractivity contribution in [2.24, 2.45) is 11.8 Å². The lowest BCUT2D eigenvalue weighted by molar-refractivity contribution is -0.146. The van der Waals surface area contributed by atoms with Gasteiger partial charge in [-0.1, -0.05) is 18.2 Å². The van der Waals surface area contributed by atoms with Crippen LogP contribution in [-0.2, 0) is 4.79 Å². The highest BCUT2D eigenvalue weighted by Gasteiger charge is 2.34. The number of hydrogen-bond acceptors (Lipinski definition) is 7. The van der Waals surface area contributed by atoms with Crippen molar-refractivity contribution in [1.29, 1.82) is 0 Å². The van der Waals surface area contributed by atoms with E-state index in [2.05, 4.69) is 27.4 Å². The molecule has 3 aromatic rings. The molecule has 0 spiro atoms. The van der Waals surface area contributed by atoms with Crippen LogP contribution in [0, 0.1) is 11.8 Å². The molecule has 0 aliphatic carbocycles. The summed E-state index contributed by atoms with van der Waals surface area (Å²) in [4.78, 5) is 18.7. The van der Waals surface area contributed by atoms with Gasteiger partial charge in [-0.3, -0.25) is 9.78 Å². The average molecular weight is 487 g/mol. The third kappa shape index (κ3) is 6.06. The first kappa shape index (κ1) is 24.0. The molecule has 3 atom stereocenters. The fraction of sp³-hybridized carbons (Fsp3) is 0.440. The molecule has 1 fully saturated rings. The van der Waals surface area contributed by atoms with Gasteiger partial charge in [-0.25, -0.2) is 0 Å². The van der Waals surface area contributed by atoms with Gasteiger partial charge < -0.3 is 19.8 Å². The second kappa shape index (κ2) is 11.3. The topological polar surface area (TPSA) is 82.9 Å². The van der Waals surface area contributed by atoms with Crippen LogP contribution in [0.25, 0.3) is 10.9 Å². The number of carboxylic acid groups (broad SMARTS) is 1. The minimum atomic E-state index is -0.732. The number of thiophene rings is 1. The Morgan fingerprint density at radius 3 is 3.00 bits per heavy atom. The molecule has 176 valence electrons. The van der Waals surface area contributed by atoms with Gasteiger partial charge in [-0.15, -0.1) is 23.1 Å². The van der Waals surface area contributed by atoms with Crippen molar-refractivity contribution in [3.63, 3.8) is 0 Å². The maximum absolute atomic E-state index is 12.0. The minimum Gasteiger partial charge on any atom is -0.495 e. The van der Waals surface area contributed by atoms with Crippen LogP contribution in [0.1, 0.15) is 30.9 Å². The monoisotopic (exact) mass is 486 g/mol. The van der Waals surface area contributed by atoms with E-state index in [-0.39, 0.29) is 5.92 Å². The maximum atomic E-state index is 12.0. The zero-order chi connectivity index (χ0) is 23.2. The molecule has 33 heavy (non-hydrogen) atoms. The smallest absolute Gasteiger partial charge is 0.308 e. The number of nitrogens with zero attached hydrogens (tertiary/aromatic N) is 2. The number of carboxylic acids is 1. The number of benzene rings is 1. The molecule has 1 aliphatic heterocycles. The van der Waals surface area contributed by atoms with Crippen LogP contribution >= 0.6 is 23.1 Å². The molecule has 3 unspecified atom stereocenters. The highest BCUT2D eigenvalue weighted by atomic mass is 32.2. The summed E-state index contributed by atoms with van der Waals surface area (Å²) < 4.78 is 6.60. The summed E-state index contributed by atoms with van der Waals surface area (Å²) in [6.45, 7) is 2.38. The van der Waals surface area contributed by atoms with Crippen LogP contribution < -0.4 is 4.74 Å². The van der Waals surface area contributed by atoms with Gasteiger partial charge in [0.2, 0.25) is 0 Å². The van der Waals surface area contributed by atoms with Gasteiger partial charge in [0.05, 0.1) is 35.1 Å². The summed E-state index contributed by atoms with van der Waals surface area (Å²) in [5.41, 5.74) is 1.62. The van der Waals surface area contributed by atoms with E-state index in [0.29, 0.717) is 25.1 Å². The maximum Gasteiger partial charge on any atom is 0.308 e. The third-order valence-electron chi connectivity index (χ3n) is 6.44. The highest BCUT2D eigenvalue weighted by Crippen LogP contribution is 2.34. The van der Waals surface area contributed by atoms with Crippen molar-refractivity contribution in [3.8, 4) is 5.75 Å². The SMILES string of the molecule is COc1cnc2cccc(C(O)CCC3CCN(CCSc4cccs4)CC3C(=O)O)c2c1. The van der Waals surface area contributed by atoms with Gasteiger partial charge in [0.15, 0.2) is 0 Å². The van der Waals surface area contributed by atoms with E-state index in [0.717, 1.165) is 41.7 Å². The Labute approximate surface area is 202 Å². The lowest BCUT2D eigenvalue weighted by Crippen LogP contribution is -2.44. The Hall–Kier alpha value is -2.13. The van der Waals surface area contributed by atoms with Crippen molar-refractivity contribution in [2.75, 3.05) is 32.5 Å². The fourth-order valence-electron chi connectivity index (χ4n) is 4.60. The lowest BCUT2D eigenvalue weighted by atomic mass is 9.81. The first-order valence-corrected chi connectivity index (χ1v) is 13.1. The first-order chi connectivity index (χ1) is 16.0. The average Bonchev–Trinajstić information content (AvgIpc) is 3.35. The third-order valence-corrected chi connectivity index (χ3v) is 8.56. The van der Waals surface area contributed by atoms with Crippen molar-refractivity contribution in [3.05, 3.63) is 53.5 Å². The molecule has 0 bridgehead atoms. The van der Waals surface area contributed by atoms with E-state index in [4.69, 9.17) is 4.74 Å².